The van der Waals surface area contributed by atoms with E-state index < -0.39 is 11.7 Å². The van der Waals surface area contributed by atoms with Gasteiger partial charge in [-0.3, -0.25) is 0 Å². The molecule has 104 valence electrons. The van der Waals surface area contributed by atoms with Crippen LogP contribution in [0.2, 0.25) is 0 Å². The molecule has 0 N–H and O–H groups in total. The van der Waals surface area contributed by atoms with Crippen molar-refractivity contribution in [1.82, 2.24) is 0 Å². The summed E-state index contributed by atoms with van der Waals surface area (Å²) in [5.74, 6) is 0. The smallest absolute Gasteiger partial charge is 0.371 e. The highest BCUT2D eigenvalue weighted by atomic mass is 19.4. The van der Waals surface area contributed by atoms with Crippen molar-refractivity contribution in [3.63, 3.8) is 0 Å². The highest BCUT2D eigenvalue weighted by Gasteiger charge is 2.37. The molecule has 0 saturated carbocycles. The van der Waals surface area contributed by atoms with E-state index in [2.05, 4.69) is 0 Å². The van der Waals surface area contributed by atoms with Crippen LogP contribution in [0.3, 0.4) is 0 Å². The Labute approximate surface area is 108 Å². The van der Waals surface area contributed by atoms with Gasteiger partial charge in [0.15, 0.2) is 0 Å². The van der Waals surface area contributed by atoms with Gasteiger partial charge in [-0.25, -0.2) is 0 Å². The van der Waals surface area contributed by atoms with Gasteiger partial charge in [-0.05, 0) is 12.1 Å². The Morgan fingerprint density at radius 2 is 1.58 bits per heavy atom. The maximum atomic E-state index is 13.0. The molecule has 2 aliphatic heterocycles. The molecule has 2 unspecified atom stereocenters. The zero-order chi connectivity index (χ0) is 13.5. The molecule has 2 atom stereocenters. The van der Waals surface area contributed by atoms with Gasteiger partial charge < -0.3 is 14.4 Å². The molecule has 0 aliphatic carbocycles. The summed E-state index contributed by atoms with van der Waals surface area (Å²) in [5.41, 5.74) is -0.391. The second-order valence-corrected chi connectivity index (χ2v) is 4.83. The second-order valence-electron chi connectivity index (χ2n) is 4.83. The first-order valence-electron chi connectivity index (χ1n) is 6.18. The third-order valence-corrected chi connectivity index (χ3v) is 3.20. The summed E-state index contributed by atoms with van der Waals surface area (Å²) in [6.07, 6.45) is -4.26. The number of benzene rings is 1. The number of ether oxygens (including phenoxy) is 2. The molecule has 1 aromatic rings. The minimum Gasteiger partial charge on any atom is -0.371 e. The van der Waals surface area contributed by atoms with E-state index in [9.17, 15) is 13.2 Å². The lowest BCUT2D eigenvalue weighted by Crippen LogP contribution is -2.33. The summed E-state index contributed by atoms with van der Waals surface area (Å²) in [4.78, 5) is 1.72. The van der Waals surface area contributed by atoms with Crippen LogP contribution in [-0.4, -0.2) is 38.5 Å². The molecule has 0 amide bonds. The largest absolute Gasteiger partial charge is 0.418 e. The first kappa shape index (κ1) is 12.7. The van der Waals surface area contributed by atoms with Crippen molar-refractivity contribution in [1.29, 1.82) is 0 Å². The van der Waals surface area contributed by atoms with Crippen LogP contribution in [0.5, 0.6) is 0 Å². The second kappa shape index (κ2) is 4.68. The van der Waals surface area contributed by atoms with Crippen molar-refractivity contribution in [2.24, 2.45) is 0 Å². The quantitative estimate of drug-likeness (QED) is 0.771. The number of anilines is 1. The van der Waals surface area contributed by atoms with Crippen LogP contribution in [0.15, 0.2) is 24.3 Å². The average molecular weight is 273 g/mol. The van der Waals surface area contributed by atoms with Crippen LogP contribution in [0, 0.1) is 0 Å². The first-order valence-corrected chi connectivity index (χ1v) is 6.18. The zero-order valence-corrected chi connectivity index (χ0v) is 10.2. The maximum absolute atomic E-state index is 13.0. The van der Waals surface area contributed by atoms with Crippen LogP contribution in [0.1, 0.15) is 5.56 Å². The van der Waals surface area contributed by atoms with Gasteiger partial charge in [0.05, 0.1) is 31.0 Å². The van der Waals surface area contributed by atoms with E-state index in [4.69, 9.17) is 9.47 Å². The van der Waals surface area contributed by atoms with Crippen molar-refractivity contribution in [2.75, 3.05) is 31.2 Å². The fourth-order valence-electron chi connectivity index (χ4n) is 2.10. The molecule has 6 heteroatoms. The number of hydrogen-bond acceptors (Lipinski definition) is 3. The Kier molecular flexibility index (Phi) is 3.14. The van der Waals surface area contributed by atoms with E-state index in [1.54, 1.807) is 11.0 Å². The molecule has 0 radical (unpaired) electrons. The predicted octanol–water partition coefficient (Wildman–Crippen LogP) is 2.31. The van der Waals surface area contributed by atoms with Crippen molar-refractivity contribution < 1.29 is 22.6 Å². The molecule has 2 fully saturated rings. The Morgan fingerprint density at radius 3 is 2.05 bits per heavy atom. The van der Waals surface area contributed by atoms with E-state index >= 15 is 0 Å². The van der Waals surface area contributed by atoms with E-state index in [0.29, 0.717) is 26.3 Å². The average Bonchev–Trinajstić information content (AvgIpc) is 3.22. The van der Waals surface area contributed by atoms with Gasteiger partial charge >= 0.3 is 6.18 Å². The predicted molar refractivity (Wildman–Crippen MR) is 63.1 cm³/mol. The summed E-state index contributed by atoms with van der Waals surface area (Å²) in [6.45, 7) is 2.20. The van der Waals surface area contributed by atoms with Crippen molar-refractivity contribution in [3.8, 4) is 0 Å². The fourth-order valence-corrected chi connectivity index (χ4v) is 2.10. The molecule has 2 saturated heterocycles. The van der Waals surface area contributed by atoms with Crippen molar-refractivity contribution >= 4 is 5.69 Å². The summed E-state index contributed by atoms with van der Waals surface area (Å²) >= 11 is 0. The van der Waals surface area contributed by atoms with Gasteiger partial charge in [-0.2, -0.15) is 13.2 Å². The first-order chi connectivity index (χ1) is 9.04. The van der Waals surface area contributed by atoms with E-state index in [-0.39, 0.29) is 17.9 Å². The molecule has 2 heterocycles. The lowest BCUT2D eigenvalue weighted by molar-refractivity contribution is -0.137. The summed E-state index contributed by atoms with van der Waals surface area (Å²) in [5, 5.41) is 0. The maximum Gasteiger partial charge on any atom is 0.418 e. The molecule has 0 spiro atoms. The van der Waals surface area contributed by atoms with Gasteiger partial charge in [-0.15, -0.1) is 0 Å². The van der Waals surface area contributed by atoms with Gasteiger partial charge in [-0.1, -0.05) is 12.1 Å². The summed E-state index contributed by atoms with van der Waals surface area (Å²) in [7, 11) is 0. The zero-order valence-electron chi connectivity index (χ0n) is 10.2. The summed E-state index contributed by atoms with van der Waals surface area (Å²) in [6, 6.07) is 5.66. The van der Waals surface area contributed by atoms with Crippen LogP contribution < -0.4 is 4.90 Å². The van der Waals surface area contributed by atoms with Crippen molar-refractivity contribution in [3.05, 3.63) is 29.8 Å². The molecule has 1 aromatic carbocycles. The van der Waals surface area contributed by atoms with E-state index in [0.717, 1.165) is 6.07 Å². The van der Waals surface area contributed by atoms with Crippen molar-refractivity contribution in [2.45, 2.75) is 18.4 Å². The van der Waals surface area contributed by atoms with Gasteiger partial charge in [0.2, 0.25) is 0 Å². The number of para-hydroxylation sites is 1. The lowest BCUT2D eigenvalue weighted by atomic mass is 10.1. The number of epoxide rings is 2. The number of nitrogens with zero attached hydrogens (tertiary/aromatic N) is 1. The number of alkyl halides is 3. The molecular weight excluding hydrogens is 259 g/mol. The standard InChI is InChI=1S/C13H14F3NO2/c14-13(15,16)11-3-1-2-4-12(11)17(5-9-7-18-9)6-10-8-19-10/h1-4,9-10H,5-8H2. The molecule has 0 bridgehead atoms. The van der Waals surface area contributed by atoms with Gasteiger partial charge in [0.1, 0.15) is 0 Å². The van der Waals surface area contributed by atoms with Crippen LogP contribution in [-0.2, 0) is 15.7 Å². The van der Waals surface area contributed by atoms with Crippen LogP contribution in [0.25, 0.3) is 0 Å². The monoisotopic (exact) mass is 273 g/mol. The topological polar surface area (TPSA) is 28.3 Å². The van der Waals surface area contributed by atoms with Gasteiger partial charge in [0.25, 0.3) is 0 Å². The lowest BCUT2D eigenvalue weighted by Gasteiger charge is -2.26. The third kappa shape index (κ3) is 3.19. The number of hydrogen-bond donors (Lipinski definition) is 0. The SMILES string of the molecule is FC(F)(F)c1ccccc1N(CC1CO1)CC1CO1. The number of halogens is 3. The Balaban J connectivity index is 1.86. The molecule has 3 nitrogen and oxygen atoms in total. The molecule has 2 aliphatic rings. The molecule has 3 rings (SSSR count). The Morgan fingerprint density at radius 1 is 1.05 bits per heavy atom. The van der Waals surface area contributed by atoms with Crippen LogP contribution >= 0.6 is 0 Å². The molecule has 0 aromatic heterocycles. The van der Waals surface area contributed by atoms with Crippen LogP contribution in [0.4, 0.5) is 18.9 Å². The normalized spacial score (nSPS) is 25.2. The Hall–Kier alpha value is -1.27. The van der Waals surface area contributed by atoms with E-state index in [1.165, 1.54) is 12.1 Å². The molecule has 19 heavy (non-hydrogen) atoms. The summed E-state index contributed by atoms with van der Waals surface area (Å²) < 4.78 is 49.3. The van der Waals surface area contributed by atoms with Gasteiger partial charge in [0, 0.05) is 18.8 Å². The minimum atomic E-state index is -4.34. The Bertz CT molecular complexity index is 441. The highest BCUT2D eigenvalue weighted by molar-refractivity contribution is 5.55. The fraction of sp³-hybridized carbons (Fsp3) is 0.538. The number of rotatable bonds is 5. The van der Waals surface area contributed by atoms with E-state index in [1.807, 2.05) is 0 Å². The minimum absolute atomic E-state index is 0.0417. The highest BCUT2D eigenvalue weighted by Crippen LogP contribution is 2.37. The third-order valence-electron chi connectivity index (χ3n) is 3.20. The molecular formula is C13H14F3NO2.